The third-order valence-corrected chi connectivity index (χ3v) is 7.56. The quantitative estimate of drug-likeness (QED) is 0.566. The lowest BCUT2D eigenvalue weighted by atomic mass is 10.0. The van der Waals surface area contributed by atoms with Gasteiger partial charge in [-0.15, -0.1) is 0 Å². The van der Waals surface area contributed by atoms with Gasteiger partial charge >= 0.3 is 0 Å². The van der Waals surface area contributed by atoms with Gasteiger partial charge in [0.1, 0.15) is 0 Å². The van der Waals surface area contributed by atoms with Gasteiger partial charge in [-0.3, -0.25) is 4.79 Å². The summed E-state index contributed by atoms with van der Waals surface area (Å²) in [5.74, 6) is 0.241. The highest BCUT2D eigenvalue weighted by Gasteiger charge is 2.34. The Hall–Kier alpha value is -1.56. The van der Waals surface area contributed by atoms with Gasteiger partial charge in [-0.1, -0.05) is 66.9 Å². The number of nitrogens with zero attached hydrogens (tertiary/aromatic N) is 1. The number of benzene rings is 2. The molecule has 1 amide bonds. The van der Waals surface area contributed by atoms with Crippen LogP contribution < -0.4 is 0 Å². The van der Waals surface area contributed by atoms with Gasteiger partial charge in [0.25, 0.3) is 0 Å². The lowest BCUT2D eigenvalue weighted by molar-refractivity contribution is -0.133. The largest absolute Gasteiger partial charge is 0.334 e. The predicted molar refractivity (Wildman–Crippen MR) is 119 cm³/mol. The molecule has 1 heterocycles. The van der Waals surface area contributed by atoms with Crippen molar-refractivity contribution in [2.75, 3.05) is 11.5 Å². The van der Waals surface area contributed by atoms with Crippen molar-refractivity contribution >= 4 is 38.9 Å². The van der Waals surface area contributed by atoms with Crippen molar-refractivity contribution in [3.63, 3.8) is 0 Å². The second kappa shape index (κ2) is 9.50. The molecule has 1 fully saturated rings. The standard InChI is InChI=1S/C22H25Cl2NO3S/c1-2-3-4-22(26)25(19-11-12-29(27,28)15-19)14-16-5-7-17(8-6-16)20-10-9-18(23)13-21(20)24/h5-10,13,19H,2-4,11-12,14-15H2,1H3. The van der Waals surface area contributed by atoms with E-state index in [-0.39, 0.29) is 23.5 Å². The molecule has 29 heavy (non-hydrogen) atoms. The molecule has 7 heteroatoms. The first-order valence-electron chi connectivity index (χ1n) is 9.83. The monoisotopic (exact) mass is 453 g/mol. The number of hydrogen-bond acceptors (Lipinski definition) is 3. The Balaban J connectivity index is 1.79. The van der Waals surface area contributed by atoms with Crippen LogP contribution in [0.15, 0.2) is 42.5 Å². The van der Waals surface area contributed by atoms with Crippen molar-refractivity contribution in [3.8, 4) is 11.1 Å². The van der Waals surface area contributed by atoms with E-state index in [0.29, 0.717) is 29.4 Å². The predicted octanol–water partition coefficient (Wildman–Crippen LogP) is 5.37. The summed E-state index contributed by atoms with van der Waals surface area (Å²) < 4.78 is 23.9. The Morgan fingerprint density at radius 1 is 1.14 bits per heavy atom. The van der Waals surface area contributed by atoms with Crippen molar-refractivity contribution in [3.05, 3.63) is 58.1 Å². The molecule has 1 saturated heterocycles. The minimum Gasteiger partial charge on any atom is -0.334 e. The highest BCUT2D eigenvalue weighted by Crippen LogP contribution is 2.31. The van der Waals surface area contributed by atoms with E-state index in [1.807, 2.05) is 37.3 Å². The molecule has 0 N–H and O–H groups in total. The van der Waals surface area contributed by atoms with Crippen molar-refractivity contribution in [2.24, 2.45) is 0 Å². The Bertz CT molecular complexity index is 974. The zero-order valence-corrected chi connectivity index (χ0v) is 18.7. The highest BCUT2D eigenvalue weighted by molar-refractivity contribution is 7.91. The molecule has 156 valence electrons. The van der Waals surface area contributed by atoms with Gasteiger partial charge in [0.15, 0.2) is 9.84 Å². The maximum absolute atomic E-state index is 12.8. The van der Waals surface area contributed by atoms with Crippen LogP contribution in [0.3, 0.4) is 0 Å². The van der Waals surface area contributed by atoms with Crippen LogP contribution in [0, 0.1) is 0 Å². The molecule has 0 saturated carbocycles. The number of carbonyl (C=O) groups excluding carboxylic acids is 1. The van der Waals surface area contributed by atoms with Gasteiger partial charge in [0.05, 0.1) is 11.5 Å². The smallest absolute Gasteiger partial charge is 0.223 e. The molecule has 1 unspecified atom stereocenters. The third kappa shape index (κ3) is 5.74. The van der Waals surface area contributed by atoms with Gasteiger partial charge in [-0.2, -0.15) is 0 Å². The Labute approximate surface area is 182 Å². The molecular weight excluding hydrogens is 429 g/mol. The minimum absolute atomic E-state index is 0.0266. The second-order valence-electron chi connectivity index (χ2n) is 7.50. The first kappa shape index (κ1) is 22.1. The van der Waals surface area contributed by atoms with Gasteiger partial charge < -0.3 is 4.90 Å². The molecule has 1 atom stereocenters. The Morgan fingerprint density at radius 3 is 2.45 bits per heavy atom. The SMILES string of the molecule is CCCCC(=O)N(Cc1ccc(-c2ccc(Cl)cc2Cl)cc1)C1CCS(=O)(=O)C1. The summed E-state index contributed by atoms with van der Waals surface area (Å²) in [6.07, 6.45) is 2.70. The Kier molecular flexibility index (Phi) is 7.25. The van der Waals surface area contributed by atoms with E-state index in [0.717, 1.165) is 29.5 Å². The Morgan fingerprint density at radius 2 is 1.86 bits per heavy atom. The van der Waals surface area contributed by atoms with Crippen molar-refractivity contribution in [1.82, 2.24) is 4.90 Å². The number of sulfone groups is 1. The zero-order chi connectivity index (χ0) is 21.0. The molecule has 0 aromatic heterocycles. The van der Waals surface area contributed by atoms with Gasteiger partial charge in [-0.25, -0.2) is 8.42 Å². The number of amides is 1. The van der Waals surface area contributed by atoms with E-state index in [2.05, 4.69) is 0 Å². The maximum atomic E-state index is 12.8. The first-order valence-corrected chi connectivity index (χ1v) is 12.4. The van der Waals surface area contributed by atoms with Crippen LogP contribution >= 0.6 is 23.2 Å². The van der Waals surface area contributed by atoms with Gasteiger partial charge in [0.2, 0.25) is 5.91 Å². The van der Waals surface area contributed by atoms with E-state index >= 15 is 0 Å². The van der Waals surface area contributed by atoms with Gasteiger partial charge in [-0.05, 0) is 36.1 Å². The topological polar surface area (TPSA) is 54.5 Å². The summed E-state index contributed by atoms with van der Waals surface area (Å²) in [5, 5.41) is 1.17. The van der Waals surface area contributed by atoms with Crippen molar-refractivity contribution < 1.29 is 13.2 Å². The molecule has 1 aliphatic rings. The summed E-state index contributed by atoms with van der Waals surface area (Å²) in [5.41, 5.74) is 2.82. The number of rotatable bonds is 7. The first-order chi connectivity index (χ1) is 13.8. The molecule has 0 aliphatic carbocycles. The van der Waals surface area contributed by atoms with Crippen molar-refractivity contribution in [2.45, 2.75) is 45.2 Å². The van der Waals surface area contributed by atoms with Crippen LogP contribution in [-0.2, 0) is 21.2 Å². The molecule has 2 aromatic carbocycles. The molecule has 4 nitrogen and oxygen atoms in total. The van der Waals surface area contributed by atoms with Crippen LogP contribution in [0.5, 0.6) is 0 Å². The van der Waals surface area contributed by atoms with Crippen LogP contribution in [0.4, 0.5) is 0 Å². The van der Waals surface area contributed by atoms with Crippen LogP contribution in [0.25, 0.3) is 11.1 Å². The average Bonchev–Trinajstić information content (AvgIpc) is 3.04. The number of halogens is 2. The number of unbranched alkanes of at least 4 members (excludes halogenated alkanes) is 1. The summed E-state index contributed by atoms with van der Waals surface area (Å²) in [7, 11) is -3.06. The normalized spacial score (nSPS) is 18.0. The summed E-state index contributed by atoms with van der Waals surface area (Å²) in [6, 6.07) is 13.0. The van der Waals surface area contributed by atoms with E-state index in [1.165, 1.54) is 0 Å². The van der Waals surface area contributed by atoms with Crippen LogP contribution in [0.2, 0.25) is 10.0 Å². The van der Waals surface area contributed by atoms with Crippen LogP contribution in [0.1, 0.15) is 38.2 Å². The molecule has 2 aromatic rings. The summed E-state index contributed by atoms with van der Waals surface area (Å²) in [4.78, 5) is 14.5. The van der Waals surface area contributed by atoms with Crippen molar-refractivity contribution in [1.29, 1.82) is 0 Å². The van der Waals surface area contributed by atoms with E-state index in [9.17, 15) is 13.2 Å². The number of hydrogen-bond donors (Lipinski definition) is 0. The maximum Gasteiger partial charge on any atom is 0.223 e. The molecule has 0 radical (unpaired) electrons. The van der Waals surface area contributed by atoms with E-state index in [4.69, 9.17) is 23.2 Å². The van der Waals surface area contributed by atoms with Gasteiger partial charge in [0, 0.05) is 34.6 Å². The molecule has 3 rings (SSSR count). The minimum atomic E-state index is -3.06. The summed E-state index contributed by atoms with van der Waals surface area (Å²) >= 11 is 12.3. The highest BCUT2D eigenvalue weighted by atomic mass is 35.5. The fraction of sp³-hybridized carbons (Fsp3) is 0.409. The lowest BCUT2D eigenvalue weighted by Gasteiger charge is -2.28. The number of carbonyl (C=O) groups is 1. The third-order valence-electron chi connectivity index (χ3n) is 5.26. The van der Waals surface area contributed by atoms with E-state index in [1.54, 1.807) is 17.0 Å². The lowest BCUT2D eigenvalue weighted by Crippen LogP contribution is -2.40. The average molecular weight is 454 g/mol. The van der Waals surface area contributed by atoms with E-state index < -0.39 is 9.84 Å². The second-order valence-corrected chi connectivity index (χ2v) is 10.6. The molecule has 0 bridgehead atoms. The zero-order valence-electron chi connectivity index (χ0n) is 16.4. The summed E-state index contributed by atoms with van der Waals surface area (Å²) in [6.45, 7) is 2.45. The molecule has 1 aliphatic heterocycles. The fourth-order valence-electron chi connectivity index (χ4n) is 3.62. The molecule has 0 spiro atoms. The van der Waals surface area contributed by atoms with Crippen LogP contribution in [-0.4, -0.2) is 36.8 Å². The molecular formula is C22H25Cl2NO3S. The fourth-order valence-corrected chi connectivity index (χ4v) is 5.87.